The van der Waals surface area contributed by atoms with Crippen molar-refractivity contribution in [2.45, 2.75) is 45.1 Å². The van der Waals surface area contributed by atoms with Crippen LogP contribution in [-0.2, 0) is 13.1 Å². The Kier molecular flexibility index (Phi) is 8.51. The van der Waals surface area contributed by atoms with Gasteiger partial charge in [-0.2, -0.15) is 0 Å². The van der Waals surface area contributed by atoms with E-state index in [1.807, 2.05) is 18.2 Å². The number of ether oxygens (including phenoxy) is 2. The predicted octanol–water partition coefficient (Wildman–Crippen LogP) is 2.49. The van der Waals surface area contributed by atoms with Crippen molar-refractivity contribution in [2.24, 2.45) is 0 Å². The van der Waals surface area contributed by atoms with Crippen molar-refractivity contribution in [1.82, 2.24) is 10.2 Å². The number of hydrogen-bond donors (Lipinski definition) is 3. The van der Waals surface area contributed by atoms with Crippen LogP contribution in [0.15, 0.2) is 42.5 Å². The summed E-state index contributed by atoms with van der Waals surface area (Å²) in [6.45, 7) is 6.02. The van der Waals surface area contributed by atoms with E-state index < -0.39 is 6.10 Å². The van der Waals surface area contributed by atoms with Gasteiger partial charge in [0.1, 0.15) is 12.7 Å². The van der Waals surface area contributed by atoms with Gasteiger partial charge in [0.15, 0.2) is 11.5 Å². The molecule has 6 nitrogen and oxygen atoms in total. The van der Waals surface area contributed by atoms with E-state index >= 15 is 0 Å². The second-order valence-corrected chi connectivity index (χ2v) is 8.07. The number of aliphatic hydroxyl groups excluding tert-OH is 2. The number of benzene rings is 2. The summed E-state index contributed by atoms with van der Waals surface area (Å²) in [4.78, 5) is 2.17. The molecule has 1 unspecified atom stereocenters. The second-order valence-electron chi connectivity index (χ2n) is 8.07. The molecule has 3 N–H and O–H groups in total. The molecular weight excluding hydrogens is 380 g/mol. The van der Waals surface area contributed by atoms with Gasteiger partial charge >= 0.3 is 0 Å². The number of β-amino-alcohol motifs (C(OH)–C–C–N with tert-alkyl or cyclic N) is 1. The first-order valence-corrected chi connectivity index (χ1v) is 10.7. The van der Waals surface area contributed by atoms with E-state index in [0.717, 1.165) is 44.6 Å². The maximum atomic E-state index is 10.3. The van der Waals surface area contributed by atoms with Crippen LogP contribution >= 0.6 is 0 Å². The highest BCUT2D eigenvalue weighted by molar-refractivity contribution is 5.43. The minimum Gasteiger partial charge on any atom is -0.493 e. The van der Waals surface area contributed by atoms with Crippen LogP contribution in [-0.4, -0.2) is 60.7 Å². The van der Waals surface area contributed by atoms with Crippen molar-refractivity contribution in [1.29, 1.82) is 0 Å². The van der Waals surface area contributed by atoms with Gasteiger partial charge in [0.2, 0.25) is 0 Å². The number of piperidine rings is 1. The highest BCUT2D eigenvalue weighted by Gasteiger charge is 2.20. The van der Waals surface area contributed by atoms with Crippen LogP contribution in [0.1, 0.15) is 29.5 Å². The highest BCUT2D eigenvalue weighted by Crippen LogP contribution is 2.28. The smallest absolute Gasteiger partial charge is 0.161 e. The van der Waals surface area contributed by atoms with Gasteiger partial charge in [0.25, 0.3) is 0 Å². The summed E-state index contributed by atoms with van der Waals surface area (Å²) < 4.78 is 11.3. The summed E-state index contributed by atoms with van der Waals surface area (Å²) >= 11 is 0. The van der Waals surface area contributed by atoms with Gasteiger partial charge in [-0.3, -0.25) is 0 Å². The van der Waals surface area contributed by atoms with Gasteiger partial charge in [0, 0.05) is 32.7 Å². The third kappa shape index (κ3) is 6.99. The van der Waals surface area contributed by atoms with Crippen molar-refractivity contribution in [3.63, 3.8) is 0 Å². The van der Waals surface area contributed by atoms with Crippen LogP contribution in [0.4, 0.5) is 0 Å². The van der Waals surface area contributed by atoms with Crippen LogP contribution in [0.2, 0.25) is 0 Å². The van der Waals surface area contributed by atoms with Crippen LogP contribution in [0.5, 0.6) is 11.5 Å². The number of nitrogens with zero attached hydrogens (tertiary/aromatic N) is 1. The Morgan fingerprint density at radius 1 is 1.07 bits per heavy atom. The molecule has 0 aliphatic carbocycles. The van der Waals surface area contributed by atoms with Crippen molar-refractivity contribution >= 4 is 0 Å². The van der Waals surface area contributed by atoms with E-state index in [4.69, 9.17) is 9.47 Å². The molecule has 0 spiro atoms. The van der Waals surface area contributed by atoms with E-state index in [9.17, 15) is 10.2 Å². The second kappa shape index (κ2) is 11.3. The molecule has 1 heterocycles. The summed E-state index contributed by atoms with van der Waals surface area (Å²) in [5.41, 5.74) is 3.64. The van der Waals surface area contributed by atoms with Crippen molar-refractivity contribution in [2.75, 3.05) is 33.4 Å². The topological polar surface area (TPSA) is 74.2 Å². The molecule has 0 aromatic heterocycles. The molecule has 3 rings (SSSR count). The van der Waals surface area contributed by atoms with E-state index in [-0.39, 0.29) is 12.7 Å². The molecule has 30 heavy (non-hydrogen) atoms. The van der Waals surface area contributed by atoms with E-state index in [2.05, 4.69) is 41.4 Å². The van der Waals surface area contributed by atoms with Crippen LogP contribution in [0.3, 0.4) is 0 Å². The Morgan fingerprint density at radius 2 is 1.80 bits per heavy atom. The number of likely N-dealkylation sites (tertiary alicyclic amines) is 1. The summed E-state index contributed by atoms with van der Waals surface area (Å²) in [6, 6.07) is 14.4. The van der Waals surface area contributed by atoms with Crippen LogP contribution in [0, 0.1) is 6.92 Å². The highest BCUT2D eigenvalue weighted by atomic mass is 16.5. The van der Waals surface area contributed by atoms with Crippen LogP contribution < -0.4 is 14.8 Å². The molecule has 0 radical (unpaired) electrons. The Bertz CT molecular complexity index is 791. The van der Waals surface area contributed by atoms with Gasteiger partial charge in [-0.25, -0.2) is 0 Å². The lowest BCUT2D eigenvalue weighted by atomic mass is 10.1. The first kappa shape index (κ1) is 22.6. The maximum absolute atomic E-state index is 10.3. The fraction of sp³-hybridized carbons (Fsp3) is 0.500. The maximum Gasteiger partial charge on any atom is 0.161 e. The lowest BCUT2D eigenvalue weighted by Gasteiger charge is -2.30. The number of aliphatic hydroxyl groups is 2. The molecule has 6 heteroatoms. The Morgan fingerprint density at radius 3 is 2.50 bits per heavy atom. The summed E-state index contributed by atoms with van der Waals surface area (Å²) in [6.07, 6.45) is 0.742. The fourth-order valence-corrected chi connectivity index (χ4v) is 3.75. The summed E-state index contributed by atoms with van der Waals surface area (Å²) in [5, 5.41) is 23.3. The van der Waals surface area contributed by atoms with E-state index in [1.54, 1.807) is 7.11 Å². The largest absolute Gasteiger partial charge is 0.493 e. The molecule has 2 aromatic rings. The monoisotopic (exact) mass is 414 g/mol. The predicted molar refractivity (Wildman–Crippen MR) is 118 cm³/mol. The number of rotatable bonds is 10. The molecule has 0 amide bonds. The zero-order valence-corrected chi connectivity index (χ0v) is 18.0. The fourth-order valence-electron chi connectivity index (χ4n) is 3.75. The lowest BCUT2D eigenvalue weighted by Crippen LogP contribution is -2.41. The van der Waals surface area contributed by atoms with Gasteiger partial charge in [-0.05, 0) is 43.0 Å². The molecule has 1 aliphatic rings. The number of aryl methyl sites for hydroxylation is 1. The zero-order chi connectivity index (χ0) is 21.3. The molecule has 0 bridgehead atoms. The van der Waals surface area contributed by atoms with Crippen molar-refractivity contribution in [3.8, 4) is 11.5 Å². The van der Waals surface area contributed by atoms with Crippen molar-refractivity contribution < 1.29 is 19.7 Å². The van der Waals surface area contributed by atoms with Gasteiger partial charge in [-0.15, -0.1) is 0 Å². The van der Waals surface area contributed by atoms with Crippen molar-refractivity contribution in [3.05, 3.63) is 59.2 Å². The molecule has 1 aliphatic heterocycles. The Hall–Kier alpha value is -2.12. The Labute approximate surface area is 179 Å². The molecule has 1 atom stereocenters. The average Bonchev–Trinajstić information content (AvgIpc) is 2.74. The standard InChI is InChI=1S/C24H34N2O4/c1-18-4-3-5-19(12-18)14-25-15-20-6-7-23(24(13-20)29-2)30-17-22(28)16-26-10-8-21(27)9-11-26/h3-7,12-13,21-22,25,27-28H,8-11,14-17H2,1-2H3. The van der Waals surface area contributed by atoms with Gasteiger partial charge in [-0.1, -0.05) is 35.9 Å². The Balaban J connectivity index is 1.46. The SMILES string of the molecule is COc1cc(CNCc2cccc(C)c2)ccc1OCC(O)CN1CCC(O)CC1. The minimum atomic E-state index is -0.583. The normalized spacial score (nSPS) is 16.4. The molecule has 164 valence electrons. The first-order valence-electron chi connectivity index (χ1n) is 10.7. The quantitative estimate of drug-likeness (QED) is 0.555. The molecule has 1 saturated heterocycles. The molecule has 0 saturated carbocycles. The zero-order valence-electron chi connectivity index (χ0n) is 18.0. The van der Waals surface area contributed by atoms with E-state index in [1.165, 1.54) is 11.1 Å². The number of nitrogens with one attached hydrogen (secondary N) is 1. The number of methoxy groups -OCH3 is 1. The lowest BCUT2D eigenvalue weighted by molar-refractivity contribution is 0.0333. The first-order chi connectivity index (χ1) is 14.5. The third-order valence-corrected chi connectivity index (χ3v) is 5.43. The minimum absolute atomic E-state index is 0.205. The average molecular weight is 415 g/mol. The molecular formula is C24H34N2O4. The number of hydrogen-bond acceptors (Lipinski definition) is 6. The molecule has 2 aromatic carbocycles. The van der Waals surface area contributed by atoms with E-state index in [0.29, 0.717) is 18.0 Å². The van der Waals surface area contributed by atoms with Gasteiger partial charge < -0.3 is 29.9 Å². The summed E-state index contributed by atoms with van der Waals surface area (Å²) in [7, 11) is 1.63. The third-order valence-electron chi connectivity index (χ3n) is 5.43. The summed E-state index contributed by atoms with van der Waals surface area (Å²) in [5.74, 6) is 1.30. The van der Waals surface area contributed by atoms with Crippen LogP contribution in [0.25, 0.3) is 0 Å². The molecule has 1 fully saturated rings. The van der Waals surface area contributed by atoms with Gasteiger partial charge in [0.05, 0.1) is 13.2 Å².